The zero-order chi connectivity index (χ0) is 14.5. The molecule has 2 rings (SSSR count). The van der Waals surface area contributed by atoms with Crippen LogP contribution in [0.3, 0.4) is 0 Å². The summed E-state index contributed by atoms with van der Waals surface area (Å²) in [5.41, 5.74) is 7.39. The third-order valence-electron chi connectivity index (χ3n) is 2.55. The van der Waals surface area contributed by atoms with Crippen LogP contribution in [0.25, 0.3) is 0 Å². The van der Waals surface area contributed by atoms with Crippen molar-refractivity contribution < 1.29 is 9.47 Å². The molecule has 0 spiro atoms. The van der Waals surface area contributed by atoms with Crippen molar-refractivity contribution in [3.63, 3.8) is 0 Å². The minimum absolute atomic E-state index is 0.341. The van der Waals surface area contributed by atoms with E-state index >= 15 is 0 Å². The van der Waals surface area contributed by atoms with E-state index < -0.39 is 0 Å². The van der Waals surface area contributed by atoms with Crippen LogP contribution in [0.15, 0.2) is 23.6 Å². The summed E-state index contributed by atoms with van der Waals surface area (Å²) in [7, 11) is 0. The van der Waals surface area contributed by atoms with Gasteiger partial charge in [-0.2, -0.15) is 0 Å². The molecule has 2 aromatic rings. The summed E-state index contributed by atoms with van der Waals surface area (Å²) in [5.74, 6) is 1.31. The molecule has 0 aliphatic rings. The van der Waals surface area contributed by atoms with Gasteiger partial charge in [-0.25, -0.2) is 4.98 Å². The summed E-state index contributed by atoms with van der Waals surface area (Å²) >= 11 is 6.54. The Balaban J connectivity index is 2.15. The van der Waals surface area contributed by atoms with Gasteiger partial charge in [0.1, 0.15) is 16.6 Å². The van der Waals surface area contributed by atoms with Crippen LogP contribution in [0.2, 0.25) is 0 Å². The number of rotatable bonds is 6. The first-order valence-electron chi connectivity index (χ1n) is 6.20. The standard InChI is InChI=1S/C14H16N2O2S2/c1-3-17-12-6-10(14(15)19)4-5-11(12)18-7-13-16-9(2)8-20-13/h4-6,8H,3,7H2,1-2H3,(H2,15,19). The first-order chi connectivity index (χ1) is 9.60. The lowest BCUT2D eigenvalue weighted by molar-refractivity contribution is 0.269. The van der Waals surface area contributed by atoms with Crippen LogP contribution < -0.4 is 15.2 Å². The summed E-state index contributed by atoms with van der Waals surface area (Å²) < 4.78 is 11.3. The van der Waals surface area contributed by atoms with Crippen LogP contribution in [-0.2, 0) is 6.61 Å². The monoisotopic (exact) mass is 308 g/mol. The Bertz CT molecular complexity index is 611. The lowest BCUT2D eigenvalue weighted by atomic mass is 10.2. The van der Waals surface area contributed by atoms with Crippen molar-refractivity contribution in [3.8, 4) is 11.5 Å². The summed E-state index contributed by atoms with van der Waals surface area (Å²) in [6.07, 6.45) is 0. The molecule has 4 nitrogen and oxygen atoms in total. The molecule has 106 valence electrons. The van der Waals surface area contributed by atoms with Gasteiger partial charge in [-0.3, -0.25) is 0 Å². The van der Waals surface area contributed by atoms with E-state index in [1.54, 1.807) is 17.4 Å². The van der Waals surface area contributed by atoms with Crippen molar-refractivity contribution in [2.24, 2.45) is 5.73 Å². The number of aryl methyl sites for hydroxylation is 1. The topological polar surface area (TPSA) is 57.4 Å². The first kappa shape index (κ1) is 14.7. The van der Waals surface area contributed by atoms with Crippen LogP contribution in [0, 0.1) is 6.92 Å². The molecule has 1 aromatic heterocycles. The molecule has 0 unspecified atom stereocenters. The molecule has 0 aliphatic heterocycles. The fraction of sp³-hybridized carbons (Fsp3) is 0.286. The third-order valence-corrected chi connectivity index (χ3v) is 3.72. The van der Waals surface area contributed by atoms with Crippen molar-refractivity contribution in [1.82, 2.24) is 4.98 Å². The van der Waals surface area contributed by atoms with Gasteiger partial charge >= 0.3 is 0 Å². The van der Waals surface area contributed by atoms with E-state index in [4.69, 9.17) is 27.4 Å². The molecule has 6 heteroatoms. The van der Waals surface area contributed by atoms with Gasteiger partial charge in [0.25, 0.3) is 0 Å². The van der Waals surface area contributed by atoms with Gasteiger partial charge in [0.05, 0.1) is 6.61 Å². The van der Waals surface area contributed by atoms with Gasteiger partial charge in [-0.1, -0.05) is 12.2 Å². The van der Waals surface area contributed by atoms with E-state index in [0.717, 1.165) is 16.3 Å². The molecule has 0 saturated heterocycles. The fourth-order valence-corrected chi connectivity index (χ4v) is 2.47. The molecule has 0 saturated carbocycles. The average Bonchev–Trinajstić information content (AvgIpc) is 2.83. The number of thiocarbonyl (C=S) groups is 1. The number of hydrogen-bond acceptors (Lipinski definition) is 5. The first-order valence-corrected chi connectivity index (χ1v) is 7.49. The Morgan fingerprint density at radius 3 is 2.75 bits per heavy atom. The maximum Gasteiger partial charge on any atom is 0.161 e. The lowest BCUT2D eigenvalue weighted by Crippen LogP contribution is -2.10. The zero-order valence-corrected chi connectivity index (χ0v) is 13.0. The Labute approximate surface area is 127 Å². The van der Waals surface area contributed by atoms with Crippen LogP contribution in [0.1, 0.15) is 23.2 Å². The normalized spacial score (nSPS) is 10.3. The van der Waals surface area contributed by atoms with Crippen LogP contribution >= 0.6 is 23.6 Å². The molecule has 1 aromatic carbocycles. The van der Waals surface area contributed by atoms with E-state index in [0.29, 0.717) is 29.7 Å². The minimum Gasteiger partial charge on any atom is -0.490 e. The minimum atomic E-state index is 0.341. The van der Waals surface area contributed by atoms with E-state index in [2.05, 4.69) is 4.98 Å². The summed E-state index contributed by atoms with van der Waals surface area (Å²) in [5, 5.41) is 2.93. The van der Waals surface area contributed by atoms with E-state index in [1.807, 2.05) is 31.4 Å². The predicted molar refractivity (Wildman–Crippen MR) is 84.7 cm³/mol. The van der Waals surface area contributed by atoms with Gasteiger partial charge < -0.3 is 15.2 Å². The van der Waals surface area contributed by atoms with Crippen LogP contribution in [0.5, 0.6) is 11.5 Å². The predicted octanol–water partition coefficient (Wildman–Crippen LogP) is 3.06. The zero-order valence-electron chi connectivity index (χ0n) is 11.4. The highest BCUT2D eigenvalue weighted by Crippen LogP contribution is 2.29. The maximum atomic E-state index is 5.76. The van der Waals surface area contributed by atoms with E-state index in [9.17, 15) is 0 Å². The van der Waals surface area contributed by atoms with Crippen molar-refractivity contribution >= 4 is 28.5 Å². The molecular weight excluding hydrogens is 292 g/mol. The second-order valence-corrected chi connectivity index (χ2v) is 5.51. The number of nitrogens with zero attached hydrogens (tertiary/aromatic N) is 1. The molecular formula is C14H16N2O2S2. The Morgan fingerprint density at radius 2 is 2.15 bits per heavy atom. The van der Waals surface area contributed by atoms with Crippen molar-refractivity contribution in [2.75, 3.05) is 6.61 Å². The highest BCUT2D eigenvalue weighted by Gasteiger charge is 2.09. The SMILES string of the molecule is CCOc1cc(C(N)=S)ccc1OCc1nc(C)cs1. The second kappa shape index (κ2) is 6.67. The quantitative estimate of drug-likeness (QED) is 0.831. The molecule has 0 atom stereocenters. The number of aromatic nitrogens is 1. The largest absolute Gasteiger partial charge is 0.490 e. The van der Waals surface area contributed by atoms with Crippen molar-refractivity contribution in [3.05, 3.63) is 39.8 Å². The van der Waals surface area contributed by atoms with Gasteiger partial charge in [0.2, 0.25) is 0 Å². The van der Waals surface area contributed by atoms with Crippen LogP contribution in [0.4, 0.5) is 0 Å². The van der Waals surface area contributed by atoms with E-state index in [1.165, 1.54) is 0 Å². The summed E-state index contributed by atoms with van der Waals surface area (Å²) in [6.45, 7) is 4.85. The Kier molecular flexibility index (Phi) is 4.92. The lowest BCUT2D eigenvalue weighted by Gasteiger charge is -2.12. The van der Waals surface area contributed by atoms with Crippen LogP contribution in [-0.4, -0.2) is 16.6 Å². The Hall–Kier alpha value is -1.66. The number of hydrogen-bond donors (Lipinski definition) is 1. The molecule has 2 N–H and O–H groups in total. The number of ether oxygens (including phenoxy) is 2. The fourth-order valence-electron chi connectivity index (χ4n) is 1.66. The molecule has 0 amide bonds. The summed E-state index contributed by atoms with van der Waals surface area (Å²) in [6, 6.07) is 5.45. The highest BCUT2D eigenvalue weighted by atomic mass is 32.1. The average molecular weight is 308 g/mol. The number of nitrogens with two attached hydrogens (primary N) is 1. The smallest absolute Gasteiger partial charge is 0.161 e. The van der Waals surface area contributed by atoms with Crippen molar-refractivity contribution in [1.29, 1.82) is 0 Å². The van der Waals surface area contributed by atoms with E-state index in [-0.39, 0.29) is 0 Å². The molecule has 0 aliphatic carbocycles. The number of thiazole rings is 1. The van der Waals surface area contributed by atoms with Gasteiger partial charge in [-0.05, 0) is 32.0 Å². The molecule has 0 radical (unpaired) electrons. The highest BCUT2D eigenvalue weighted by molar-refractivity contribution is 7.80. The molecule has 1 heterocycles. The number of benzene rings is 1. The maximum absolute atomic E-state index is 5.76. The van der Waals surface area contributed by atoms with Gasteiger partial charge in [0.15, 0.2) is 11.5 Å². The molecule has 0 bridgehead atoms. The van der Waals surface area contributed by atoms with Gasteiger partial charge in [-0.15, -0.1) is 11.3 Å². The Morgan fingerprint density at radius 1 is 1.35 bits per heavy atom. The molecule has 20 heavy (non-hydrogen) atoms. The summed E-state index contributed by atoms with van der Waals surface area (Å²) in [4.78, 5) is 4.70. The third kappa shape index (κ3) is 3.68. The molecule has 0 fully saturated rings. The van der Waals surface area contributed by atoms with Gasteiger partial charge in [0, 0.05) is 16.6 Å². The second-order valence-electron chi connectivity index (χ2n) is 4.13. The van der Waals surface area contributed by atoms with Crippen molar-refractivity contribution in [2.45, 2.75) is 20.5 Å².